The molecule has 7 heteroatoms. The Morgan fingerprint density at radius 1 is 0.900 bits per heavy atom. The van der Waals surface area contributed by atoms with Crippen LogP contribution < -0.4 is 16.0 Å². The molecular weight excluding hydrogens is 382 g/mol. The molecule has 0 aliphatic carbocycles. The van der Waals surface area contributed by atoms with Crippen LogP contribution in [0, 0.1) is 5.92 Å². The van der Waals surface area contributed by atoms with Crippen molar-refractivity contribution in [1.82, 2.24) is 16.0 Å². The van der Waals surface area contributed by atoms with Crippen molar-refractivity contribution in [3.8, 4) is 0 Å². The minimum Gasteiger partial charge on any atom is -0.467 e. The van der Waals surface area contributed by atoms with E-state index in [0.717, 1.165) is 5.56 Å². The Labute approximate surface area is 177 Å². The van der Waals surface area contributed by atoms with Gasteiger partial charge in [-0.2, -0.15) is 0 Å². The van der Waals surface area contributed by atoms with E-state index >= 15 is 0 Å². The second kappa shape index (κ2) is 11.6. The van der Waals surface area contributed by atoms with Crippen molar-refractivity contribution in [2.75, 3.05) is 7.11 Å². The second-order valence-corrected chi connectivity index (χ2v) is 7.37. The van der Waals surface area contributed by atoms with E-state index in [4.69, 9.17) is 4.74 Å². The topological polar surface area (TPSA) is 96.5 Å². The lowest BCUT2D eigenvalue weighted by molar-refractivity contribution is -0.145. The fraction of sp³-hybridized carbons (Fsp3) is 0.348. The van der Waals surface area contributed by atoms with Crippen LogP contribution in [0.15, 0.2) is 60.7 Å². The Morgan fingerprint density at radius 2 is 1.50 bits per heavy atom. The molecule has 2 rings (SSSR count). The van der Waals surface area contributed by atoms with Gasteiger partial charge < -0.3 is 20.7 Å². The first-order valence-electron chi connectivity index (χ1n) is 9.92. The number of urea groups is 1. The summed E-state index contributed by atoms with van der Waals surface area (Å²) in [5.41, 5.74) is 1.56. The number of methoxy groups -OCH3 is 1. The van der Waals surface area contributed by atoms with Crippen LogP contribution in [0.1, 0.15) is 37.4 Å². The minimum atomic E-state index is -0.951. The van der Waals surface area contributed by atoms with Crippen LogP contribution >= 0.6 is 0 Å². The molecule has 7 nitrogen and oxygen atoms in total. The standard InChI is InChI=1S/C23H29N3O4/c1-16(2)14-19(25-23(29)24-15-17-10-6-4-7-11-17)21(27)26-20(22(28)30-3)18-12-8-5-9-13-18/h4-13,16,19-20H,14-15H2,1-3H3,(H,26,27)(H2,24,25,29)/t19-,20-/m0/s1. The van der Waals surface area contributed by atoms with Crippen molar-refractivity contribution < 1.29 is 19.1 Å². The molecule has 0 radical (unpaired) electrons. The SMILES string of the molecule is COC(=O)[C@@H](NC(=O)[C@H](CC(C)C)NC(=O)NCc1ccccc1)c1ccccc1. The Kier molecular flexibility index (Phi) is 8.87. The van der Waals surface area contributed by atoms with Crippen LogP contribution in [-0.4, -0.2) is 31.1 Å². The molecule has 3 N–H and O–H groups in total. The average molecular weight is 412 g/mol. The fourth-order valence-electron chi connectivity index (χ4n) is 2.97. The number of nitrogens with one attached hydrogen (secondary N) is 3. The van der Waals surface area contributed by atoms with Crippen LogP contribution in [0.2, 0.25) is 0 Å². The summed E-state index contributed by atoms with van der Waals surface area (Å²) in [5, 5.41) is 8.19. The molecular formula is C23H29N3O4. The summed E-state index contributed by atoms with van der Waals surface area (Å²) in [6, 6.07) is 16.1. The molecule has 30 heavy (non-hydrogen) atoms. The van der Waals surface area contributed by atoms with E-state index in [1.165, 1.54) is 7.11 Å². The van der Waals surface area contributed by atoms with Gasteiger partial charge in [-0.05, 0) is 23.5 Å². The number of esters is 1. The van der Waals surface area contributed by atoms with E-state index in [1.807, 2.05) is 50.2 Å². The first-order valence-corrected chi connectivity index (χ1v) is 9.92. The molecule has 160 valence electrons. The van der Waals surface area contributed by atoms with Gasteiger partial charge in [0.15, 0.2) is 6.04 Å². The second-order valence-electron chi connectivity index (χ2n) is 7.37. The van der Waals surface area contributed by atoms with Gasteiger partial charge in [0.1, 0.15) is 6.04 Å². The fourth-order valence-corrected chi connectivity index (χ4v) is 2.97. The molecule has 2 aromatic rings. The van der Waals surface area contributed by atoms with E-state index in [-0.39, 0.29) is 5.92 Å². The van der Waals surface area contributed by atoms with Gasteiger partial charge in [0.2, 0.25) is 5.91 Å². The highest BCUT2D eigenvalue weighted by Gasteiger charge is 2.28. The molecule has 0 saturated carbocycles. The van der Waals surface area contributed by atoms with E-state index in [2.05, 4.69) is 16.0 Å². The minimum absolute atomic E-state index is 0.156. The van der Waals surface area contributed by atoms with Gasteiger partial charge in [-0.25, -0.2) is 9.59 Å². The molecule has 2 atom stereocenters. The van der Waals surface area contributed by atoms with Crippen LogP contribution in [-0.2, 0) is 20.9 Å². The zero-order valence-corrected chi connectivity index (χ0v) is 17.6. The Balaban J connectivity index is 2.05. The highest BCUT2D eigenvalue weighted by Crippen LogP contribution is 2.15. The smallest absolute Gasteiger partial charge is 0.333 e. The van der Waals surface area contributed by atoms with Gasteiger partial charge in [0.05, 0.1) is 7.11 Å². The molecule has 0 aliphatic heterocycles. The van der Waals surface area contributed by atoms with Gasteiger partial charge in [-0.1, -0.05) is 74.5 Å². The van der Waals surface area contributed by atoms with E-state index in [0.29, 0.717) is 18.5 Å². The number of carbonyl (C=O) groups is 3. The number of hydrogen-bond donors (Lipinski definition) is 3. The van der Waals surface area contributed by atoms with Crippen molar-refractivity contribution in [2.24, 2.45) is 5.92 Å². The van der Waals surface area contributed by atoms with E-state index < -0.39 is 30.0 Å². The quantitative estimate of drug-likeness (QED) is 0.553. The van der Waals surface area contributed by atoms with Crippen molar-refractivity contribution in [3.63, 3.8) is 0 Å². The van der Waals surface area contributed by atoms with Crippen molar-refractivity contribution in [1.29, 1.82) is 0 Å². The van der Waals surface area contributed by atoms with Gasteiger partial charge in [0.25, 0.3) is 0 Å². The number of amides is 3. The molecule has 3 amide bonds. The third-order valence-corrected chi connectivity index (χ3v) is 4.48. The zero-order valence-electron chi connectivity index (χ0n) is 17.6. The lowest BCUT2D eigenvalue weighted by Gasteiger charge is -2.23. The van der Waals surface area contributed by atoms with Crippen LogP contribution in [0.25, 0.3) is 0 Å². The molecule has 0 aromatic heterocycles. The number of carbonyl (C=O) groups excluding carboxylic acids is 3. The van der Waals surface area contributed by atoms with Gasteiger partial charge in [0, 0.05) is 6.54 Å². The molecule has 0 fully saturated rings. The monoisotopic (exact) mass is 411 g/mol. The summed E-state index contributed by atoms with van der Waals surface area (Å²) >= 11 is 0. The third-order valence-electron chi connectivity index (χ3n) is 4.48. The molecule has 0 unspecified atom stereocenters. The summed E-state index contributed by atoms with van der Waals surface area (Å²) in [4.78, 5) is 37.5. The number of ether oxygens (including phenoxy) is 1. The molecule has 0 bridgehead atoms. The highest BCUT2D eigenvalue weighted by molar-refractivity contribution is 5.90. The molecule has 0 heterocycles. The predicted octanol–water partition coefficient (Wildman–Crippen LogP) is 2.93. The molecule has 0 spiro atoms. The van der Waals surface area contributed by atoms with E-state index in [9.17, 15) is 14.4 Å². The largest absolute Gasteiger partial charge is 0.467 e. The van der Waals surface area contributed by atoms with Crippen molar-refractivity contribution in [2.45, 2.75) is 38.9 Å². The summed E-state index contributed by atoms with van der Waals surface area (Å²) in [7, 11) is 1.27. The zero-order chi connectivity index (χ0) is 21.9. The maximum Gasteiger partial charge on any atom is 0.333 e. The summed E-state index contributed by atoms with van der Waals surface area (Å²) < 4.78 is 4.84. The van der Waals surface area contributed by atoms with Crippen LogP contribution in [0.5, 0.6) is 0 Å². The number of rotatable bonds is 9. The molecule has 0 saturated heterocycles. The first kappa shape index (κ1) is 22.9. The van der Waals surface area contributed by atoms with Crippen LogP contribution in [0.3, 0.4) is 0 Å². The van der Waals surface area contributed by atoms with Crippen LogP contribution in [0.4, 0.5) is 4.79 Å². The van der Waals surface area contributed by atoms with Crippen molar-refractivity contribution in [3.05, 3.63) is 71.8 Å². The average Bonchev–Trinajstić information content (AvgIpc) is 2.76. The first-order chi connectivity index (χ1) is 14.4. The van der Waals surface area contributed by atoms with E-state index in [1.54, 1.807) is 24.3 Å². The third kappa shape index (κ3) is 7.24. The van der Waals surface area contributed by atoms with Crippen molar-refractivity contribution >= 4 is 17.9 Å². The maximum absolute atomic E-state index is 12.9. The Hall–Kier alpha value is -3.35. The summed E-state index contributed by atoms with van der Waals surface area (Å²) in [6.45, 7) is 4.26. The Bertz CT molecular complexity index is 825. The normalized spacial score (nSPS) is 12.5. The number of hydrogen-bond acceptors (Lipinski definition) is 4. The summed E-state index contributed by atoms with van der Waals surface area (Å²) in [6.07, 6.45) is 0.424. The van der Waals surface area contributed by atoms with Gasteiger partial charge in [-0.3, -0.25) is 4.79 Å². The Morgan fingerprint density at radius 3 is 2.07 bits per heavy atom. The maximum atomic E-state index is 12.9. The van der Waals surface area contributed by atoms with Gasteiger partial charge >= 0.3 is 12.0 Å². The highest BCUT2D eigenvalue weighted by atomic mass is 16.5. The lowest BCUT2D eigenvalue weighted by Crippen LogP contribution is -2.51. The molecule has 0 aliphatic rings. The van der Waals surface area contributed by atoms with Gasteiger partial charge in [-0.15, -0.1) is 0 Å². The lowest BCUT2D eigenvalue weighted by atomic mass is 10.0. The predicted molar refractivity (Wildman–Crippen MR) is 114 cm³/mol. The number of benzene rings is 2. The summed E-state index contributed by atoms with van der Waals surface area (Å²) in [5.74, 6) is -0.868. The molecule has 2 aromatic carbocycles.